The van der Waals surface area contributed by atoms with E-state index in [1.807, 2.05) is 34.7 Å². The van der Waals surface area contributed by atoms with Gasteiger partial charge in [0.05, 0.1) is 11.7 Å². The largest absolute Gasteiger partial charge is 0.352 e. The molecule has 8 heteroatoms. The molecule has 1 N–H and O–H groups in total. The van der Waals surface area contributed by atoms with Crippen LogP contribution in [0.25, 0.3) is 20.7 Å². The third-order valence-corrected chi connectivity index (χ3v) is 7.09. The Morgan fingerprint density at radius 1 is 1.32 bits per heavy atom. The van der Waals surface area contributed by atoms with Crippen LogP contribution in [0.2, 0.25) is 0 Å². The van der Waals surface area contributed by atoms with Crippen LogP contribution in [0.15, 0.2) is 34.0 Å². The van der Waals surface area contributed by atoms with Crippen molar-refractivity contribution in [1.29, 1.82) is 0 Å². The summed E-state index contributed by atoms with van der Waals surface area (Å²) in [5, 5.41) is 7.61. The van der Waals surface area contributed by atoms with Gasteiger partial charge in [0.25, 0.3) is 5.56 Å². The van der Waals surface area contributed by atoms with E-state index in [9.17, 15) is 9.59 Å². The minimum Gasteiger partial charge on any atom is -0.352 e. The summed E-state index contributed by atoms with van der Waals surface area (Å²) in [5.74, 6) is 2.04. The Labute approximate surface area is 157 Å². The van der Waals surface area contributed by atoms with Crippen molar-refractivity contribution in [3.05, 3.63) is 39.6 Å². The first-order valence-corrected chi connectivity index (χ1v) is 11.0. The molecule has 0 spiro atoms. The average molecular weight is 392 g/mol. The van der Waals surface area contributed by atoms with Crippen molar-refractivity contribution >= 4 is 50.6 Å². The zero-order chi connectivity index (χ0) is 17.2. The molecule has 0 aliphatic carbocycles. The lowest BCUT2D eigenvalue weighted by molar-refractivity contribution is -0.122. The van der Waals surface area contributed by atoms with E-state index < -0.39 is 0 Å². The van der Waals surface area contributed by atoms with Gasteiger partial charge in [-0.05, 0) is 35.8 Å². The van der Waals surface area contributed by atoms with E-state index in [4.69, 9.17) is 0 Å². The Balaban J connectivity index is 1.60. The number of fused-ring (bicyclic) bond motifs is 1. The summed E-state index contributed by atoms with van der Waals surface area (Å²) < 4.78 is 1.42. The third kappa shape index (κ3) is 3.51. The van der Waals surface area contributed by atoms with Crippen LogP contribution in [0.1, 0.15) is 12.8 Å². The maximum absolute atomic E-state index is 12.9. The number of hydrogen-bond donors (Lipinski definition) is 1. The summed E-state index contributed by atoms with van der Waals surface area (Å²) in [4.78, 5) is 31.3. The number of nitrogens with zero attached hydrogens (tertiary/aromatic N) is 2. The molecule has 3 aromatic rings. The van der Waals surface area contributed by atoms with Gasteiger partial charge in [0.2, 0.25) is 5.91 Å². The SMILES string of the molecule is O=C(Cn1cnc2scc(-c3cccs3)c2c1=O)NC1CCSCC1. The highest BCUT2D eigenvalue weighted by atomic mass is 32.2. The van der Waals surface area contributed by atoms with Crippen LogP contribution in [0.4, 0.5) is 0 Å². The standard InChI is InChI=1S/C17H17N3O2S3/c21-14(19-11-3-6-23-7-4-11)8-20-10-18-16-15(17(20)22)12(9-25-16)13-2-1-5-24-13/h1-2,5,9-11H,3-4,6-8H2,(H,19,21). The molecule has 3 aromatic heterocycles. The normalized spacial score (nSPS) is 15.5. The summed E-state index contributed by atoms with van der Waals surface area (Å²) in [5.41, 5.74) is 0.760. The van der Waals surface area contributed by atoms with E-state index in [0.717, 1.165) is 39.6 Å². The fourth-order valence-corrected chi connectivity index (χ4v) is 5.79. The van der Waals surface area contributed by atoms with Crippen LogP contribution in [0.3, 0.4) is 0 Å². The van der Waals surface area contributed by atoms with E-state index in [1.54, 1.807) is 11.3 Å². The lowest BCUT2D eigenvalue weighted by Gasteiger charge is -2.22. The number of thioether (sulfide) groups is 1. The van der Waals surface area contributed by atoms with Crippen molar-refractivity contribution in [3.8, 4) is 10.4 Å². The predicted molar refractivity (Wildman–Crippen MR) is 106 cm³/mol. The van der Waals surface area contributed by atoms with Gasteiger partial charge in [-0.2, -0.15) is 11.8 Å². The number of carbonyl (C=O) groups excluding carboxylic acids is 1. The molecule has 0 saturated carbocycles. The van der Waals surface area contributed by atoms with Gasteiger partial charge in [-0.15, -0.1) is 22.7 Å². The Bertz CT molecular complexity index is 940. The molecule has 0 radical (unpaired) electrons. The second-order valence-electron chi connectivity index (χ2n) is 5.94. The molecule has 25 heavy (non-hydrogen) atoms. The minimum atomic E-state index is -0.149. The lowest BCUT2D eigenvalue weighted by atomic mass is 10.1. The van der Waals surface area contributed by atoms with Gasteiger partial charge in [-0.3, -0.25) is 14.2 Å². The first kappa shape index (κ1) is 16.8. The molecule has 0 bridgehead atoms. The molecule has 130 valence electrons. The van der Waals surface area contributed by atoms with E-state index in [-0.39, 0.29) is 24.1 Å². The molecule has 1 saturated heterocycles. The monoisotopic (exact) mass is 391 g/mol. The van der Waals surface area contributed by atoms with Crippen molar-refractivity contribution in [2.24, 2.45) is 0 Å². The number of carbonyl (C=O) groups is 1. The Hall–Kier alpha value is -1.64. The van der Waals surface area contributed by atoms with Crippen LogP contribution >= 0.6 is 34.4 Å². The van der Waals surface area contributed by atoms with Crippen molar-refractivity contribution in [2.45, 2.75) is 25.4 Å². The first-order valence-electron chi connectivity index (χ1n) is 8.10. The topological polar surface area (TPSA) is 64.0 Å². The van der Waals surface area contributed by atoms with E-state index in [0.29, 0.717) is 5.39 Å². The molecule has 1 aliphatic rings. The lowest BCUT2D eigenvalue weighted by Crippen LogP contribution is -2.40. The molecule has 4 rings (SSSR count). The molecular weight excluding hydrogens is 374 g/mol. The Morgan fingerprint density at radius 2 is 2.16 bits per heavy atom. The molecular formula is C17H17N3O2S3. The smallest absolute Gasteiger partial charge is 0.263 e. The molecule has 0 unspecified atom stereocenters. The fraction of sp³-hybridized carbons (Fsp3) is 0.353. The Kier molecular flexibility index (Phi) is 4.91. The number of thiophene rings is 2. The molecule has 1 aliphatic heterocycles. The van der Waals surface area contributed by atoms with Crippen molar-refractivity contribution in [2.75, 3.05) is 11.5 Å². The van der Waals surface area contributed by atoms with Gasteiger partial charge in [-0.1, -0.05) is 6.07 Å². The highest BCUT2D eigenvalue weighted by Gasteiger charge is 2.18. The van der Waals surface area contributed by atoms with Crippen molar-refractivity contribution in [3.63, 3.8) is 0 Å². The first-order chi connectivity index (χ1) is 12.2. The summed E-state index contributed by atoms with van der Waals surface area (Å²) in [6, 6.07) is 4.19. The maximum Gasteiger partial charge on any atom is 0.263 e. The zero-order valence-corrected chi connectivity index (χ0v) is 15.9. The predicted octanol–water partition coefficient (Wildman–Crippen LogP) is 3.20. The molecule has 0 atom stereocenters. The summed E-state index contributed by atoms with van der Waals surface area (Å²) in [7, 11) is 0. The van der Waals surface area contributed by atoms with E-state index in [2.05, 4.69) is 10.3 Å². The number of amides is 1. The van der Waals surface area contributed by atoms with Crippen molar-refractivity contribution < 1.29 is 4.79 Å². The molecule has 5 nitrogen and oxygen atoms in total. The van der Waals surface area contributed by atoms with Gasteiger partial charge < -0.3 is 5.32 Å². The van der Waals surface area contributed by atoms with E-state index >= 15 is 0 Å². The summed E-state index contributed by atoms with van der Waals surface area (Å²) in [6.07, 6.45) is 3.47. The molecule has 4 heterocycles. The zero-order valence-electron chi connectivity index (χ0n) is 13.4. The maximum atomic E-state index is 12.9. The van der Waals surface area contributed by atoms with Crippen molar-refractivity contribution in [1.82, 2.24) is 14.9 Å². The van der Waals surface area contributed by atoms with Crippen LogP contribution in [0.5, 0.6) is 0 Å². The van der Waals surface area contributed by atoms with Gasteiger partial charge in [0, 0.05) is 21.9 Å². The average Bonchev–Trinajstić information content (AvgIpc) is 3.27. The highest BCUT2D eigenvalue weighted by Crippen LogP contribution is 2.33. The number of rotatable bonds is 4. The second-order valence-corrected chi connectivity index (χ2v) is 8.97. The van der Waals surface area contributed by atoms with Gasteiger partial charge >= 0.3 is 0 Å². The fourth-order valence-electron chi connectivity index (χ4n) is 2.96. The second kappa shape index (κ2) is 7.31. The molecule has 1 amide bonds. The number of aromatic nitrogens is 2. The van der Waals surface area contributed by atoms with Crippen LogP contribution in [-0.4, -0.2) is 33.0 Å². The molecule has 1 fully saturated rings. The van der Waals surface area contributed by atoms with Crippen LogP contribution < -0.4 is 10.9 Å². The van der Waals surface area contributed by atoms with Gasteiger partial charge in [0.15, 0.2) is 0 Å². The van der Waals surface area contributed by atoms with Crippen LogP contribution in [-0.2, 0) is 11.3 Å². The van der Waals surface area contributed by atoms with E-state index in [1.165, 1.54) is 22.2 Å². The summed E-state index contributed by atoms with van der Waals surface area (Å²) in [6.45, 7) is 0.0190. The van der Waals surface area contributed by atoms with Gasteiger partial charge in [-0.25, -0.2) is 4.98 Å². The summed E-state index contributed by atoms with van der Waals surface area (Å²) >= 11 is 4.98. The third-order valence-electron chi connectivity index (χ3n) is 4.25. The highest BCUT2D eigenvalue weighted by molar-refractivity contribution is 7.99. The number of nitrogens with one attached hydrogen (secondary N) is 1. The van der Waals surface area contributed by atoms with Crippen LogP contribution in [0, 0.1) is 0 Å². The minimum absolute atomic E-state index is 0.0190. The Morgan fingerprint density at radius 3 is 2.92 bits per heavy atom. The number of hydrogen-bond acceptors (Lipinski definition) is 6. The quantitative estimate of drug-likeness (QED) is 0.742. The van der Waals surface area contributed by atoms with Gasteiger partial charge in [0.1, 0.15) is 11.4 Å². The molecule has 0 aromatic carbocycles.